The molecule has 23 heavy (non-hydrogen) atoms. The van der Waals surface area contributed by atoms with Crippen LogP contribution in [0.3, 0.4) is 0 Å². The Hall–Kier alpha value is -1.86. The van der Waals surface area contributed by atoms with E-state index in [2.05, 4.69) is 31.5 Å². The van der Waals surface area contributed by atoms with Crippen LogP contribution in [0.5, 0.6) is 0 Å². The average Bonchev–Trinajstić information content (AvgIpc) is 2.55. The van der Waals surface area contributed by atoms with Crippen LogP contribution in [0.2, 0.25) is 0 Å². The third-order valence-electron chi connectivity index (χ3n) is 3.71. The minimum absolute atomic E-state index is 0.100. The Morgan fingerprint density at radius 2 is 2.30 bits per heavy atom. The fourth-order valence-corrected chi connectivity index (χ4v) is 3.08. The lowest BCUT2D eigenvalue weighted by molar-refractivity contribution is 0.0876. The van der Waals surface area contributed by atoms with Gasteiger partial charge in [-0.1, -0.05) is 0 Å². The molecule has 0 aromatic carbocycles. The zero-order chi connectivity index (χ0) is 16.2. The molecule has 0 saturated carbocycles. The average molecular weight is 379 g/mol. The van der Waals surface area contributed by atoms with E-state index in [-0.39, 0.29) is 5.56 Å². The highest BCUT2D eigenvalue weighted by atomic mass is 79.9. The quantitative estimate of drug-likeness (QED) is 0.855. The maximum absolute atomic E-state index is 12.1. The molecule has 3 rings (SSSR count). The van der Waals surface area contributed by atoms with Gasteiger partial charge in [-0.2, -0.15) is 0 Å². The number of aryl methyl sites for hydroxylation is 1. The van der Waals surface area contributed by atoms with Gasteiger partial charge in [0.05, 0.1) is 18.5 Å². The van der Waals surface area contributed by atoms with Crippen molar-refractivity contribution in [2.24, 2.45) is 7.05 Å². The summed E-state index contributed by atoms with van der Waals surface area (Å²) in [5.74, 6) is 0.630. The summed E-state index contributed by atoms with van der Waals surface area (Å²) in [5, 5.41) is 6.47. The topological polar surface area (TPSA) is 68.2 Å². The highest BCUT2D eigenvalue weighted by Crippen LogP contribution is 2.18. The van der Waals surface area contributed by atoms with E-state index in [1.165, 1.54) is 4.57 Å². The van der Waals surface area contributed by atoms with Crippen LogP contribution in [0.1, 0.15) is 12.8 Å². The van der Waals surface area contributed by atoms with Crippen LogP contribution in [0, 0.1) is 0 Å². The molecule has 7 heteroatoms. The molecular weight excluding hydrogens is 360 g/mol. The zero-order valence-corrected chi connectivity index (χ0v) is 14.5. The van der Waals surface area contributed by atoms with Crippen molar-refractivity contribution in [3.8, 4) is 0 Å². The number of aromatic nitrogens is 2. The van der Waals surface area contributed by atoms with Crippen LogP contribution >= 0.6 is 15.9 Å². The first-order chi connectivity index (χ1) is 11.1. The van der Waals surface area contributed by atoms with Gasteiger partial charge in [-0.05, 0) is 47.0 Å². The van der Waals surface area contributed by atoms with Crippen LogP contribution in [0.25, 0.3) is 0 Å². The molecule has 0 amide bonds. The highest BCUT2D eigenvalue weighted by molar-refractivity contribution is 9.10. The lowest BCUT2D eigenvalue weighted by Gasteiger charge is -2.24. The van der Waals surface area contributed by atoms with E-state index in [1.807, 2.05) is 12.1 Å². The van der Waals surface area contributed by atoms with Crippen molar-refractivity contribution in [2.45, 2.75) is 18.9 Å². The summed E-state index contributed by atoms with van der Waals surface area (Å²) in [5.41, 5.74) is 1.33. The van der Waals surface area contributed by atoms with Crippen LogP contribution in [-0.4, -0.2) is 28.8 Å². The Balaban J connectivity index is 1.69. The maximum Gasteiger partial charge on any atom is 0.274 e. The number of anilines is 3. The van der Waals surface area contributed by atoms with E-state index in [4.69, 9.17) is 4.74 Å². The minimum Gasteiger partial charge on any atom is -0.379 e. The minimum atomic E-state index is -0.100. The molecule has 0 spiro atoms. The molecule has 2 N–H and O–H groups in total. The number of rotatable bonds is 4. The second kappa shape index (κ2) is 7.14. The van der Waals surface area contributed by atoms with Gasteiger partial charge in [0.25, 0.3) is 5.56 Å². The summed E-state index contributed by atoms with van der Waals surface area (Å²) in [4.78, 5) is 16.4. The van der Waals surface area contributed by atoms with Gasteiger partial charge in [-0.15, -0.1) is 0 Å². The molecule has 1 aliphatic rings. The van der Waals surface area contributed by atoms with E-state index >= 15 is 0 Å². The molecule has 6 nitrogen and oxygen atoms in total. The van der Waals surface area contributed by atoms with Crippen LogP contribution < -0.4 is 16.2 Å². The fourth-order valence-electron chi connectivity index (χ4n) is 2.54. The number of halogens is 1. The van der Waals surface area contributed by atoms with Crippen molar-refractivity contribution in [1.82, 2.24) is 9.55 Å². The van der Waals surface area contributed by atoms with E-state index in [1.54, 1.807) is 25.5 Å². The first-order valence-electron chi connectivity index (χ1n) is 7.55. The summed E-state index contributed by atoms with van der Waals surface area (Å²) < 4.78 is 7.81. The Kier molecular flexibility index (Phi) is 4.97. The summed E-state index contributed by atoms with van der Waals surface area (Å²) >= 11 is 3.39. The molecule has 0 bridgehead atoms. The third-order valence-corrected chi connectivity index (χ3v) is 4.14. The van der Waals surface area contributed by atoms with Gasteiger partial charge in [-0.3, -0.25) is 4.79 Å². The summed E-state index contributed by atoms with van der Waals surface area (Å²) in [6.07, 6.45) is 5.67. The second-order valence-corrected chi connectivity index (χ2v) is 6.52. The van der Waals surface area contributed by atoms with Gasteiger partial charge in [0.15, 0.2) is 0 Å². The van der Waals surface area contributed by atoms with Crippen LogP contribution in [-0.2, 0) is 11.8 Å². The monoisotopic (exact) mass is 378 g/mol. The van der Waals surface area contributed by atoms with Gasteiger partial charge in [-0.25, -0.2) is 4.98 Å². The maximum atomic E-state index is 12.1. The molecule has 3 heterocycles. The third kappa shape index (κ3) is 4.11. The van der Waals surface area contributed by atoms with E-state index in [9.17, 15) is 4.79 Å². The van der Waals surface area contributed by atoms with Gasteiger partial charge < -0.3 is 19.9 Å². The second-order valence-electron chi connectivity index (χ2n) is 5.60. The summed E-state index contributed by atoms with van der Waals surface area (Å²) in [6, 6.07) is 5.88. The highest BCUT2D eigenvalue weighted by Gasteiger charge is 2.13. The Bertz CT molecular complexity index is 724. The molecule has 1 unspecified atom stereocenters. The van der Waals surface area contributed by atoms with Gasteiger partial charge in [0.1, 0.15) is 11.5 Å². The lowest BCUT2D eigenvalue weighted by Crippen LogP contribution is -2.29. The zero-order valence-electron chi connectivity index (χ0n) is 12.9. The van der Waals surface area contributed by atoms with E-state index < -0.39 is 0 Å². The molecule has 1 fully saturated rings. The number of nitrogens with one attached hydrogen (secondary N) is 2. The molecule has 0 radical (unpaired) electrons. The van der Waals surface area contributed by atoms with Crippen LogP contribution in [0.4, 0.5) is 17.2 Å². The van der Waals surface area contributed by atoms with Crippen molar-refractivity contribution in [3.05, 3.63) is 45.4 Å². The number of pyridine rings is 2. The summed E-state index contributed by atoms with van der Waals surface area (Å²) in [7, 11) is 1.71. The summed E-state index contributed by atoms with van der Waals surface area (Å²) in [6.45, 7) is 1.58. The largest absolute Gasteiger partial charge is 0.379 e. The molecular formula is C16H19BrN4O2. The normalized spacial score (nSPS) is 17.7. The number of nitrogens with zero attached hydrogens (tertiary/aromatic N) is 2. The predicted molar refractivity (Wildman–Crippen MR) is 94.4 cm³/mol. The number of hydrogen-bond acceptors (Lipinski definition) is 5. The van der Waals surface area contributed by atoms with Crippen molar-refractivity contribution < 1.29 is 4.74 Å². The van der Waals surface area contributed by atoms with Crippen molar-refractivity contribution in [1.29, 1.82) is 0 Å². The molecule has 1 aliphatic heterocycles. The standard InChI is InChI=1S/C16H19BrN4O2/c1-21-9-11(17)7-14(16(21)22)20-15-5-4-12(8-18-15)19-13-3-2-6-23-10-13/h4-5,7-9,13,19H,2-3,6,10H2,1H3,(H,18,20). The van der Waals surface area contributed by atoms with Gasteiger partial charge in [0, 0.05) is 30.4 Å². The fraction of sp³-hybridized carbons (Fsp3) is 0.375. The van der Waals surface area contributed by atoms with Crippen molar-refractivity contribution >= 4 is 33.1 Å². The van der Waals surface area contributed by atoms with E-state index in [0.717, 1.165) is 36.2 Å². The molecule has 2 aromatic rings. The number of ether oxygens (including phenoxy) is 1. The SMILES string of the molecule is Cn1cc(Br)cc(Nc2ccc(NC3CCCOC3)cn2)c1=O. The van der Waals surface area contributed by atoms with Crippen molar-refractivity contribution in [2.75, 3.05) is 23.8 Å². The lowest BCUT2D eigenvalue weighted by atomic mass is 10.1. The molecule has 2 aromatic heterocycles. The molecule has 1 saturated heterocycles. The van der Waals surface area contributed by atoms with Crippen LogP contribution in [0.15, 0.2) is 39.9 Å². The van der Waals surface area contributed by atoms with Crippen molar-refractivity contribution in [3.63, 3.8) is 0 Å². The smallest absolute Gasteiger partial charge is 0.274 e. The van der Waals surface area contributed by atoms with E-state index in [0.29, 0.717) is 17.5 Å². The molecule has 0 aliphatic carbocycles. The first-order valence-corrected chi connectivity index (χ1v) is 8.34. The number of hydrogen-bond donors (Lipinski definition) is 2. The first kappa shape index (κ1) is 16.0. The Morgan fingerprint density at radius 1 is 1.43 bits per heavy atom. The van der Waals surface area contributed by atoms with Gasteiger partial charge >= 0.3 is 0 Å². The Labute approximate surface area is 143 Å². The Morgan fingerprint density at radius 3 is 3.00 bits per heavy atom. The molecule has 1 atom stereocenters. The van der Waals surface area contributed by atoms with Gasteiger partial charge in [0.2, 0.25) is 0 Å². The predicted octanol–water partition coefficient (Wildman–Crippen LogP) is 2.88. The molecule has 122 valence electrons.